The molecule has 0 amide bonds. The number of aryl methyl sites for hydroxylation is 1. The highest BCUT2D eigenvalue weighted by molar-refractivity contribution is 6.00. The van der Waals surface area contributed by atoms with E-state index < -0.39 is 0 Å². The number of amidine groups is 1. The lowest BCUT2D eigenvalue weighted by atomic mass is 10.1. The standard InChI is InChI=1S/C18H20FN3O2/c1-13-5-10-16(17(21-23)22-11-3-2-4-12-22)18(20-13)24-15-8-6-14(19)7-9-15/h5-10,23H,2-4,11-12H2,1H3/b21-17-. The third kappa shape index (κ3) is 3.64. The van der Waals surface area contributed by atoms with E-state index in [0.717, 1.165) is 31.6 Å². The van der Waals surface area contributed by atoms with Crippen LogP contribution < -0.4 is 4.74 Å². The molecule has 2 heterocycles. The summed E-state index contributed by atoms with van der Waals surface area (Å²) in [6.07, 6.45) is 3.30. The summed E-state index contributed by atoms with van der Waals surface area (Å²) in [6.45, 7) is 3.53. The van der Waals surface area contributed by atoms with Crippen molar-refractivity contribution in [2.75, 3.05) is 13.1 Å². The number of likely N-dealkylation sites (tertiary alicyclic amines) is 1. The van der Waals surface area contributed by atoms with Crippen LogP contribution in [0.4, 0.5) is 4.39 Å². The van der Waals surface area contributed by atoms with Crippen molar-refractivity contribution in [3.63, 3.8) is 0 Å². The molecular weight excluding hydrogens is 309 g/mol. The SMILES string of the molecule is Cc1ccc(/C(=N/O)N2CCCCC2)c(Oc2ccc(F)cc2)n1. The van der Waals surface area contributed by atoms with Gasteiger partial charge in [0.2, 0.25) is 5.88 Å². The zero-order chi connectivity index (χ0) is 16.9. The van der Waals surface area contributed by atoms with E-state index in [4.69, 9.17) is 4.74 Å². The van der Waals surface area contributed by atoms with Gasteiger partial charge in [-0.2, -0.15) is 0 Å². The van der Waals surface area contributed by atoms with Crippen molar-refractivity contribution in [1.29, 1.82) is 0 Å². The van der Waals surface area contributed by atoms with E-state index >= 15 is 0 Å². The minimum atomic E-state index is -0.328. The zero-order valence-corrected chi connectivity index (χ0v) is 13.6. The van der Waals surface area contributed by atoms with Gasteiger partial charge < -0.3 is 14.8 Å². The normalized spacial score (nSPS) is 15.4. The smallest absolute Gasteiger partial charge is 0.230 e. The highest BCUT2D eigenvalue weighted by Crippen LogP contribution is 2.26. The van der Waals surface area contributed by atoms with Crippen molar-refractivity contribution >= 4 is 5.84 Å². The van der Waals surface area contributed by atoms with Gasteiger partial charge in [0.05, 0.1) is 5.56 Å². The number of aromatic nitrogens is 1. The number of halogens is 1. The zero-order valence-electron chi connectivity index (χ0n) is 13.6. The molecule has 2 aromatic rings. The van der Waals surface area contributed by atoms with Gasteiger partial charge in [0.25, 0.3) is 0 Å². The Kier molecular flexibility index (Phi) is 4.93. The van der Waals surface area contributed by atoms with Crippen LogP contribution in [0.15, 0.2) is 41.6 Å². The van der Waals surface area contributed by atoms with Gasteiger partial charge in [0.15, 0.2) is 5.84 Å². The maximum atomic E-state index is 13.1. The Morgan fingerprint density at radius 2 is 1.83 bits per heavy atom. The second-order valence-corrected chi connectivity index (χ2v) is 5.83. The molecule has 0 atom stereocenters. The minimum absolute atomic E-state index is 0.328. The fourth-order valence-corrected chi connectivity index (χ4v) is 2.79. The molecule has 1 aromatic carbocycles. The Bertz CT molecular complexity index is 726. The van der Waals surface area contributed by atoms with E-state index in [1.54, 1.807) is 12.1 Å². The molecule has 0 aliphatic carbocycles. The van der Waals surface area contributed by atoms with E-state index in [1.807, 2.05) is 24.0 Å². The number of ether oxygens (including phenoxy) is 1. The summed E-state index contributed by atoms with van der Waals surface area (Å²) >= 11 is 0. The monoisotopic (exact) mass is 329 g/mol. The number of rotatable bonds is 3. The van der Waals surface area contributed by atoms with E-state index in [0.29, 0.717) is 23.0 Å². The summed E-state index contributed by atoms with van der Waals surface area (Å²) in [4.78, 5) is 6.46. The molecule has 1 saturated heterocycles. The van der Waals surface area contributed by atoms with Crippen LogP contribution in [-0.4, -0.2) is 34.0 Å². The number of benzene rings is 1. The Hall–Kier alpha value is -2.63. The summed E-state index contributed by atoms with van der Waals surface area (Å²) in [5.74, 6) is 0.955. The molecule has 3 rings (SSSR count). The lowest BCUT2D eigenvalue weighted by Crippen LogP contribution is -2.36. The lowest BCUT2D eigenvalue weighted by molar-refractivity contribution is 0.285. The third-order valence-electron chi connectivity index (χ3n) is 4.02. The third-order valence-corrected chi connectivity index (χ3v) is 4.02. The molecular formula is C18H20FN3O2. The number of hydrogen-bond acceptors (Lipinski definition) is 4. The molecule has 0 bridgehead atoms. The quantitative estimate of drug-likeness (QED) is 0.401. The maximum Gasteiger partial charge on any atom is 0.230 e. The Morgan fingerprint density at radius 1 is 1.12 bits per heavy atom. The maximum absolute atomic E-state index is 13.1. The number of piperidine rings is 1. The predicted molar refractivity (Wildman–Crippen MR) is 89.2 cm³/mol. The van der Waals surface area contributed by atoms with Crippen LogP contribution in [0.5, 0.6) is 11.6 Å². The van der Waals surface area contributed by atoms with Crippen molar-refractivity contribution in [2.24, 2.45) is 5.16 Å². The Balaban J connectivity index is 1.93. The first-order valence-corrected chi connectivity index (χ1v) is 8.06. The van der Waals surface area contributed by atoms with Crippen LogP contribution in [0.25, 0.3) is 0 Å². The number of oxime groups is 1. The molecule has 6 heteroatoms. The molecule has 1 aliphatic rings. The van der Waals surface area contributed by atoms with Crippen LogP contribution in [0.3, 0.4) is 0 Å². The van der Waals surface area contributed by atoms with Crippen LogP contribution in [-0.2, 0) is 0 Å². The average molecular weight is 329 g/mol. The largest absolute Gasteiger partial charge is 0.438 e. The van der Waals surface area contributed by atoms with Crippen molar-refractivity contribution in [3.05, 3.63) is 53.5 Å². The topological polar surface area (TPSA) is 58.0 Å². The number of hydrogen-bond donors (Lipinski definition) is 1. The molecule has 0 saturated carbocycles. The van der Waals surface area contributed by atoms with E-state index in [9.17, 15) is 9.60 Å². The molecule has 1 aromatic heterocycles. The van der Waals surface area contributed by atoms with Gasteiger partial charge in [0.1, 0.15) is 11.6 Å². The van der Waals surface area contributed by atoms with Gasteiger partial charge >= 0.3 is 0 Å². The lowest BCUT2D eigenvalue weighted by Gasteiger charge is -2.29. The highest BCUT2D eigenvalue weighted by Gasteiger charge is 2.22. The van der Waals surface area contributed by atoms with Crippen LogP contribution in [0.2, 0.25) is 0 Å². The number of nitrogens with zero attached hydrogens (tertiary/aromatic N) is 3. The second-order valence-electron chi connectivity index (χ2n) is 5.83. The second kappa shape index (κ2) is 7.29. The molecule has 0 spiro atoms. The molecule has 1 aliphatic heterocycles. The summed E-state index contributed by atoms with van der Waals surface area (Å²) < 4.78 is 18.9. The van der Waals surface area contributed by atoms with Crippen LogP contribution in [0, 0.1) is 12.7 Å². The first kappa shape index (κ1) is 16.2. The van der Waals surface area contributed by atoms with Gasteiger partial charge in [0, 0.05) is 18.8 Å². The van der Waals surface area contributed by atoms with Crippen LogP contribution >= 0.6 is 0 Å². The summed E-state index contributed by atoms with van der Waals surface area (Å²) in [7, 11) is 0. The fourth-order valence-electron chi connectivity index (χ4n) is 2.79. The van der Waals surface area contributed by atoms with Gasteiger partial charge in [-0.15, -0.1) is 0 Å². The predicted octanol–water partition coefficient (Wildman–Crippen LogP) is 3.94. The highest BCUT2D eigenvalue weighted by atomic mass is 19.1. The van der Waals surface area contributed by atoms with Gasteiger partial charge in [-0.1, -0.05) is 5.16 Å². The molecule has 5 nitrogen and oxygen atoms in total. The van der Waals surface area contributed by atoms with Crippen molar-refractivity contribution in [1.82, 2.24) is 9.88 Å². The summed E-state index contributed by atoms with van der Waals surface area (Å²) in [5.41, 5.74) is 1.40. The molecule has 1 N–H and O–H groups in total. The summed E-state index contributed by atoms with van der Waals surface area (Å²) in [5, 5.41) is 13.0. The van der Waals surface area contributed by atoms with Crippen molar-refractivity contribution in [3.8, 4) is 11.6 Å². The molecule has 0 unspecified atom stereocenters. The molecule has 126 valence electrons. The van der Waals surface area contributed by atoms with Crippen LogP contribution in [0.1, 0.15) is 30.5 Å². The number of pyridine rings is 1. The molecule has 0 radical (unpaired) electrons. The van der Waals surface area contributed by atoms with Gasteiger partial charge in [-0.3, -0.25) is 0 Å². The van der Waals surface area contributed by atoms with E-state index in [1.165, 1.54) is 18.6 Å². The first-order chi connectivity index (χ1) is 11.7. The van der Waals surface area contributed by atoms with E-state index in [-0.39, 0.29) is 5.82 Å². The first-order valence-electron chi connectivity index (χ1n) is 8.06. The summed E-state index contributed by atoms with van der Waals surface area (Å²) in [6, 6.07) is 9.43. The molecule has 24 heavy (non-hydrogen) atoms. The fraction of sp³-hybridized carbons (Fsp3) is 0.333. The van der Waals surface area contributed by atoms with Crippen molar-refractivity contribution < 1.29 is 14.3 Å². The Labute approximate surface area is 140 Å². The molecule has 1 fully saturated rings. The van der Waals surface area contributed by atoms with E-state index in [2.05, 4.69) is 10.1 Å². The minimum Gasteiger partial charge on any atom is -0.438 e. The van der Waals surface area contributed by atoms with Crippen molar-refractivity contribution in [2.45, 2.75) is 26.2 Å². The van der Waals surface area contributed by atoms with Gasteiger partial charge in [-0.25, -0.2) is 9.37 Å². The van der Waals surface area contributed by atoms with Gasteiger partial charge in [-0.05, 0) is 62.6 Å². The Morgan fingerprint density at radius 3 is 2.50 bits per heavy atom. The average Bonchev–Trinajstić information content (AvgIpc) is 2.60.